The SMILES string of the molecule is O=C1OC[C@@H]2[C@@H](c3cccc(C(F)(F)F)c3)Cc3ccccc3N12. The average molecular weight is 333 g/mol. The maximum atomic E-state index is 13.0. The van der Waals surface area contributed by atoms with Gasteiger partial charge in [0.15, 0.2) is 0 Å². The van der Waals surface area contributed by atoms with Crippen molar-refractivity contribution in [1.29, 1.82) is 0 Å². The minimum absolute atomic E-state index is 0.189. The number of anilines is 1. The van der Waals surface area contributed by atoms with Crippen molar-refractivity contribution >= 4 is 11.8 Å². The van der Waals surface area contributed by atoms with Crippen LogP contribution in [0.1, 0.15) is 22.6 Å². The van der Waals surface area contributed by atoms with Crippen LogP contribution in [0.4, 0.5) is 23.7 Å². The standard InChI is InChI=1S/C18H14F3NO2/c19-18(20,21)13-6-3-5-11(8-13)14-9-12-4-1-2-7-15(12)22-16(14)10-24-17(22)23/h1-8,14,16H,9-10H2/t14-,16-/m1/s1. The molecule has 0 radical (unpaired) electrons. The first-order valence-corrected chi connectivity index (χ1v) is 7.66. The maximum absolute atomic E-state index is 13.0. The second-order valence-corrected chi connectivity index (χ2v) is 6.08. The Balaban J connectivity index is 1.79. The van der Waals surface area contributed by atoms with E-state index in [1.165, 1.54) is 12.1 Å². The summed E-state index contributed by atoms with van der Waals surface area (Å²) in [6.07, 6.45) is -4.25. The zero-order valence-electron chi connectivity index (χ0n) is 12.6. The molecule has 3 nitrogen and oxygen atoms in total. The van der Waals surface area contributed by atoms with Crippen LogP contribution in [0.3, 0.4) is 0 Å². The third-order valence-electron chi connectivity index (χ3n) is 4.70. The monoisotopic (exact) mass is 333 g/mol. The average Bonchev–Trinajstić information content (AvgIpc) is 2.96. The second kappa shape index (κ2) is 5.26. The molecule has 2 aromatic rings. The first kappa shape index (κ1) is 15.1. The summed E-state index contributed by atoms with van der Waals surface area (Å²) in [6.45, 7) is 0.189. The van der Waals surface area contributed by atoms with Crippen molar-refractivity contribution in [2.45, 2.75) is 24.6 Å². The van der Waals surface area contributed by atoms with E-state index in [-0.39, 0.29) is 18.6 Å². The van der Waals surface area contributed by atoms with Gasteiger partial charge in [-0.2, -0.15) is 13.2 Å². The van der Waals surface area contributed by atoms with Crippen LogP contribution in [0.2, 0.25) is 0 Å². The van der Waals surface area contributed by atoms with Crippen LogP contribution in [0.5, 0.6) is 0 Å². The number of hydrogen-bond donors (Lipinski definition) is 0. The van der Waals surface area contributed by atoms with E-state index in [1.54, 1.807) is 11.0 Å². The lowest BCUT2D eigenvalue weighted by Gasteiger charge is -2.36. The van der Waals surface area contributed by atoms with E-state index < -0.39 is 17.8 Å². The molecule has 2 atom stereocenters. The highest BCUT2D eigenvalue weighted by Gasteiger charge is 2.44. The number of amides is 1. The van der Waals surface area contributed by atoms with Crippen LogP contribution in [0.15, 0.2) is 48.5 Å². The molecule has 0 bridgehead atoms. The minimum Gasteiger partial charge on any atom is -0.447 e. The largest absolute Gasteiger partial charge is 0.447 e. The number of halogens is 3. The van der Waals surface area contributed by atoms with Crippen molar-refractivity contribution in [3.63, 3.8) is 0 Å². The number of ether oxygens (including phenoxy) is 1. The number of rotatable bonds is 1. The predicted octanol–water partition coefficient (Wildman–Crippen LogP) is 4.37. The number of para-hydroxylation sites is 1. The number of carbonyl (C=O) groups is 1. The third kappa shape index (κ3) is 2.33. The topological polar surface area (TPSA) is 29.5 Å². The molecule has 1 amide bonds. The van der Waals surface area contributed by atoms with Crippen molar-refractivity contribution in [2.24, 2.45) is 0 Å². The Labute approximate surface area is 136 Å². The lowest BCUT2D eigenvalue weighted by atomic mass is 9.81. The van der Waals surface area contributed by atoms with Gasteiger partial charge in [-0.1, -0.05) is 36.4 Å². The Kier molecular flexibility index (Phi) is 3.30. The van der Waals surface area contributed by atoms with Crippen LogP contribution in [-0.2, 0) is 17.3 Å². The van der Waals surface area contributed by atoms with Crippen molar-refractivity contribution in [1.82, 2.24) is 0 Å². The molecule has 0 aromatic heterocycles. The van der Waals surface area contributed by atoms with Crippen molar-refractivity contribution in [3.8, 4) is 0 Å². The third-order valence-corrected chi connectivity index (χ3v) is 4.70. The Hall–Kier alpha value is -2.50. The molecule has 4 rings (SSSR count). The molecule has 24 heavy (non-hydrogen) atoms. The maximum Gasteiger partial charge on any atom is 0.416 e. The van der Waals surface area contributed by atoms with Crippen molar-refractivity contribution in [2.75, 3.05) is 11.5 Å². The first-order valence-electron chi connectivity index (χ1n) is 7.66. The van der Waals surface area contributed by atoms with Crippen molar-refractivity contribution in [3.05, 3.63) is 65.2 Å². The molecule has 1 fully saturated rings. The van der Waals surface area contributed by atoms with E-state index in [2.05, 4.69) is 0 Å². The summed E-state index contributed by atoms with van der Waals surface area (Å²) < 4.78 is 44.2. The lowest BCUT2D eigenvalue weighted by molar-refractivity contribution is -0.137. The Morgan fingerprint density at radius 3 is 2.67 bits per heavy atom. The van der Waals surface area contributed by atoms with Crippen LogP contribution in [0.25, 0.3) is 0 Å². The van der Waals surface area contributed by atoms with Crippen LogP contribution < -0.4 is 4.90 Å². The van der Waals surface area contributed by atoms with Gasteiger partial charge in [-0.05, 0) is 29.7 Å². The molecular formula is C18H14F3NO2. The van der Waals surface area contributed by atoms with E-state index in [0.29, 0.717) is 12.0 Å². The lowest BCUT2D eigenvalue weighted by Crippen LogP contribution is -2.42. The van der Waals surface area contributed by atoms with Crippen molar-refractivity contribution < 1.29 is 22.7 Å². The molecule has 0 N–H and O–H groups in total. The molecule has 2 aliphatic rings. The molecule has 124 valence electrons. The zero-order valence-corrected chi connectivity index (χ0v) is 12.6. The van der Waals surface area contributed by atoms with E-state index >= 15 is 0 Å². The number of cyclic esters (lactones) is 1. The number of nitrogens with zero attached hydrogens (tertiary/aromatic N) is 1. The van der Waals surface area contributed by atoms with Crippen LogP contribution in [0, 0.1) is 0 Å². The summed E-state index contributed by atoms with van der Waals surface area (Å²) >= 11 is 0. The summed E-state index contributed by atoms with van der Waals surface area (Å²) in [7, 11) is 0. The van der Waals surface area contributed by atoms with Gasteiger partial charge in [0.05, 0.1) is 17.3 Å². The van der Waals surface area contributed by atoms with Gasteiger partial charge in [-0.15, -0.1) is 0 Å². The molecule has 2 aromatic carbocycles. The van der Waals surface area contributed by atoms with E-state index in [9.17, 15) is 18.0 Å². The number of fused-ring (bicyclic) bond motifs is 3. The molecule has 0 unspecified atom stereocenters. The summed E-state index contributed by atoms with van der Waals surface area (Å²) in [5.41, 5.74) is 1.63. The quantitative estimate of drug-likeness (QED) is 0.775. The van der Waals surface area contributed by atoms with Gasteiger partial charge in [0, 0.05) is 5.92 Å². The van der Waals surface area contributed by atoms with Gasteiger partial charge in [-0.3, -0.25) is 4.90 Å². The van der Waals surface area contributed by atoms with Gasteiger partial charge < -0.3 is 4.74 Å². The summed E-state index contributed by atoms with van der Waals surface area (Å²) in [6, 6.07) is 12.5. The molecule has 1 saturated heterocycles. The van der Waals surface area contributed by atoms with Gasteiger partial charge in [-0.25, -0.2) is 4.79 Å². The smallest absolute Gasteiger partial charge is 0.416 e. The molecule has 0 saturated carbocycles. The normalized spacial score (nSPS) is 22.8. The van der Waals surface area contributed by atoms with E-state index in [0.717, 1.165) is 17.3 Å². The second-order valence-electron chi connectivity index (χ2n) is 6.08. The fourth-order valence-corrected chi connectivity index (χ4v) is 3.59. The molecule has 6 heteroatoms. The number of carbonyl (C=O) groups excluding carboxylic acids is 1. The molecule has 2 aliphatic heterocycles. The number of benzene rings is 2. The van der Waals surface area contributed by atoms with Crippen LogP contribution in [-0.4, -0.2) is 18.7 Å². The number of hydrogen-bond acceptors (Lipinski definition) is 2. The van der Waals surface area contributed by atoms with Gasteiger partial charge in [0.2, 0.25) is 0 Å². The molecule has 2 heterocycles. The highest BCUT2D eigenvalue weighted by Crippen LogP contribution is 2.42. The van der Waals surface area contributed by atoms with Gasteiger partial charge in [0.1, 0.15) is 6.61 Å². The molecule has 0 spiro atoms. The predicted molar refractivity (Wildman–Crippen MR) is 81.9 cm³/mol. The Morgan fingerprint density at radius 2 is 1.88 bits per heavy atom. The summed E-state index contributed by atoms with van der Waals surface area (Å²) in [5, 5.41) is 0. The fraction of sp³-hybridized carbons (Fsp3) is 0.278. The van der Waals surface area contributed by atoms with Crippen LogP contribution >= 0.6 is 0 Å². The molecular weight excluding hydrogens is 319 g/mol. The summed E-state index contributed by atoms with van der Waals surface area (Å²) in [4.78, 5) is 13.7. The van der Waals surface area contributed by atoms with E-state index in [4.69, 9.17) is 4.74 Å². The van der Waals surface area contributed by atoms with E-state index in [1.807, 2.05) is 24.3 Å². The molecule has 0 aliphatic carbocycles. The fourth-order valence-electron chi connectivity index (χ4n) is 3.59. The zero-order chi connectivity index (χ0) is 16.9. The Bertz CT molecular complexity index is 803. The number of alkyl halides is 3. The Morgan fingerprint density at radius 1 is 1.08 bits per heavy atom. The first-order chi connectivity index (χ1) is 11.4. The van der Waals surface area contributed by atoms with Gasteiger partial charge in [0.25, 0.3) is 0 Å². The van der Waals surface area contributed by atoms with Gasteiger partial charge >= 0.3 is 12.3 Å². The summed E-state index contributed by atoms with van der Waals surface area (Å²) in [5.74, 6) is -0.228. The highest BCUT2D eigenvalue weighted by molar-refractivity contribution is 5.92. The highest BCUT2D eigenvalue weighted by atomic mass is 19.4. The minimum atomic E-state index is -4.38.